The third-order valence-corrected chi connectivity index (χ3v) is 2.64. The Labute approximate surface area is 99.1 Å². The van der Waals surface area contributed by atoms with E-state index in [9.17, 15) is 0 Å². The Bertz CT molecular complexity index is 341. The summed E-state index contributed by atoms with van der Waals surface area (Å²) in [4.78, 5) is 0. The Balaban J connectivity index is 0.000000168. The van der Waals surface area contributed by atoms with Crippen LogP contribution >= 0.6 is 0 Å². The molecule has 0 N–H and O–H groups in total. The highest BCUT2D eigenvalue weighted by atomic mass is 14.8. The lowest BCUT2D eigenvalue weighted by Crippen LogP contribution is -1.75. The zero-order chi connectivity index (χ0) is 11.6. The molecule has 1 nitrogen and oxygen atoms in total. The highest BCUT2D eigenvalue weighted by Crippen LogP contribution is 2.01. The van der Waals surface area contributed by atoms with Gasteiger partial charge >= 0.3 is 0 Å². The van der Waals surface area contributed by atoms with Crippen molar-refractivity contribution < 1.29 is 0 Å². The molecule has 0 aliphatic rings. The molecule has 0 bridgehead atoms. The molecule has 2 aromatic rings. The van der Waals surface area contributed by atoms with Gasteiger partial charge in [0.2, 0.25) is 0 Å². The minimum Gasteiger partial charge on any atom is -0.324 e. The lowest BCUT2D eigenvalue weighted by atomic mass is 10.2. The van der Waals surface area contributed by atoms with Crippen LogP contribution in [0.25, 0.3) is 5.52 Å². The van der Waals surface area contributed by atoms with Gasteiger partial charge in [0.15, 0.2) is 0 Å². The Kier molecular flexibility index (Phi) is 6.39. The van der Waals surface area contributed by atoms with E-state index >= 15 is 0 Å². The van der Waals surface area contributed by atoms with Gasteiger partial charge in [-0.1, -0.05) is 52.0 Å². The molecule has 0 aromatic carbocycles. The van der Waals surface area contributed by atoms with Gasteiger partial charge in [0.1, 0.15) is 0 Å². The molecule has 2 heterocycles. The van der Waals surface area contributed by atoms with Crippen LogP contribution in [-0.4, -0.2) is 4.40 Å². The monoisotopic (exact) mass is 217 g/mol. The first-order valence-electron chi connectivity index (χ1n) is 6.40. The molecule has 0 saturated heterocycles. The molecular formula is C15H23N. The van der Waals surface area contributed by atoms with Crippen LogP contribution in [-0.2, 0) is 0 Å². The molecule has 0 fully saturated rings. The van der Waals surface area contributed by atoms with E-state index in [0.717, 1.165) is 0 Å². The lowest BCUT2D eigenvalue weighted by Gasteiger charge is -1.90. The molecule has 0 amide bonds. The third kappa shape index (κ3) is 4.52. The minimum absolute atomic E-state index is 1.25. The van der Waals surface area contributed by atoms with E-state index in [0.29, 0.717) is 0 Å². The highest BCUT2D eigenvalue weighted by Gasteiger charge is 1.84. The second-order valence-electron chi connectivity index (χ2n) is 4.10. The summed E-state index contributed by atoms with van der Waals surface area (Å²) in [5.74, 6) is 0. The first-order chi connectivity index (χ1) is 7.88. The Morgan fingerprint density at radius 3 is 2.06 bits per heavy atom. The highest BCUT2D eigenvalue weighted by molar-refractivity contribution is 5.46. The average molecular weight is 217 g/mol. The van der Waals surface area contributed by atoms with Crippen molar-refractivity contribution in [2.75, 3.05) is 0 Å². The number of nitrogens with zero attached hydrogens (tertiary/aromatic N) is 1. The molecule has 1 heteroatoms. The topological polar surface area (TPSA) is 4.41 Å². The summed E-state index contributed by atoms with van der Waals surface area (Å²) < 4.78 is 2.08. The van der Waals surface area contributed by atoms with Crippen molar-refractivity contribution in [2.45, 2.75) is 46.0 Å². The Morgan fingerprint density at radius 2 is 1.44 bits per heavy atom. The molecular weight excluding hydrogens is 194 g/mol. The van der Waals surface area contributed by atoms with Crippen molar-refractivity contribution in [2.24, 2.45) is 0 Å². The van der Waals surface area contributed by atoms with Crippen LogP contribution in [0.4, 0.5) is 0 Å². The zero-order valence-electron chi connectivity index (χ0n) is 10.5. The van der Waals surface area contributed by atoms with E-state index in [4.69, 9.17) is 0 Å². The van der Waals surface area contributed by atoms with Crippen molar-refractivity contribution in [3.05, 3.63) is 42.7 Å². The van der Waals surface area contributed by atoms with Crippen molar-refractivity contribution in [3.8, 4) is 0 Å². The molecule has 88 valence electrons. The number of aromatic nitrogens is 1. The molecule has 0 aliphatic heterocycles. The van der Waals surface area contributed by atoms with Gasteiger partial charge in [0, 0.05) is 17.9 Å². The number of pyridine rings is 1. The number of fused-ring (bicyclic) bond motifs is 1. The standard InChI is InChI=1S/C8H7N.C7H16/c1-2-6-9-7-3-5-8(9)4-1;1-3-5-7-6-4-2/h1-7H;3-7H2,1-2H3. The van der Waals surface area contributed by atoms with Crippen LogP contribution in [0.3, 0.4) is 0 Å². The molecule has 2 rings (SSSR count). The van der Waals surface area contributed by atoms with Crippen LogP contribution in [0, 0.1) is 0 Å². The molecule has 16 heavy (non-hydrogen) atoms. The van der Waals surface area contributed by atoms with Gasteiger partial charge in [-0.05, 0) is 24.3 Å². The summed E-state index contributed by atoms with van der Waals surface area (Å²) in [6, 6.07) is 10.3. The van der Waals surface area contributed by atoms with E-state index in [1.807, 2.05) is 30.6 Å². The maximum absolute atomic E-state index is 2.25. The number of rotatable bonds is 4. The number of unbranched alkanes of at least 4 members (excludes halogenated alkanes) is 4. The van der Waals surface area contributed by atoms with Gasteiger partial charge < -0.3 is 4.40 Å². The smallest absolute Gasteiger partial charge is 0.0449 e. The first-order valence-corrected chi connectivity index (χ1v) is 6.40. The van der Waals surface area contributed by atoms with E-state index in [1.165, 1.54) is 37.6 Å². The van der Waals surface area contributed by atoms with E-state index in [2.05, 4.69) is 30.4 Å². The van der Waals surface area contributed by atoms with Crippen molar-refractivity contribution in [1.29, 1.82) is 0 Å². The summed E-state index contributed by atoms with van der Waals surface area (Å²) in [5.41, 5.74) is 1.25. The summed E-state index contributed by atoms with van der Waals surface area (Å²) in [5, 5.41) is 0. The fourth-order valence-corrected chi connectivity index (χ4v) is 1.66. The van der Waals surface area contributed by atoms with Crippen LogP contribution in [0.5, 0.6) is 0 Å². The molecule has 0 spiro atoms. The molecule has 0 aliphatic carbocycles. The Morgan fingerprint density at radius 1 is 0.812 bits per heavy atom. The lowest BCUT2D eigenvalue weighted by molar-refractivity contribution is 0.656. The quantitative estimate of drug-likeness (QED) is 0.640. The predicted molar refractivity (Wildman–Crippen MR) is 71.8 cm³/mol. The fourth-order valence-electron chi connectivity index (χ4n) is 1.66. The minimum atomic E-state index is 1.25. The van der Waals surface area contributed by atoms with Gasteiger partial charge in [-0.3, -0.25) is 0 Å². The maximum atomic E-state index is 2.25. The molecule has 0 unspecified atom stereocenters. The van der Waals surface area contributed by atoms with Gasteiger partial charge in [-0.15, -0.1) is 0 Å². The maximum Gasteiger partial charge on any atom is 0.0449 e. The first kappa shape index (κ1) is 12.8. The van der Waals surface area contributed by atoms with Crippen molar-refractivity contribution in [1.82, 2.24) is 4.40 Å². The van der Waals surface area contributed by atoms with Crippen LogP contribution in [0.15, 0.2) is 42.7 Å². The third-order valence-electron chi connectivity index (χ3n) is 2.64. The summed E-state index contributed by atoms with van der Waals surface area (Å²) in [6.45, 7) is 4.49. The average Bonchev–Trinajstić information content (AvgIpc) is 2.78. The molecule has 0 atom stereocenters. The summed E-state index contributed by atoms with van der Waals surface area (Å²) in [7, 11) is 0. The summed E-state index contributed by atoms with van der Waals surface area (Å²) in [6.07, 6.45) is 11.1. The number of hydrogen-bond donors (Lipinski definition) is 0. The fraction of sp³-hybridized carbons (Fsp3) is 0.467. The SMILES string of the molecule is CCCCCCC.c1ccn2cccc2c1. The van der Waals surface area contributed by atoms with Crippen molar-refractivity contribution in [3.63, 3.8) is 0 Å². The zero-order valence-corrected chi connectivity index (χ0v) is 10.5. The van der Waals surface area contributed by atoms with Crippen LogP contribution < -0.4 is 0 Å². The molecule has 2 aromatic heterocycles. The van der Waals surface area contributed by atoms with E-state index in [-0.39, 0.29) is 0 Å². The second kappa shape index (κ2) is 7.98. The van der Waals surface area contributed by atoms with Gasteiger partial charge in [0.05, 0.1) is 0 Å². The van der Waals surface area contributed by atoms with Crippen LogP contribution in [0.1, 0.15) is 46.0 Å². The molecule has 0 radical (unpaired) electrons. The largest absolute Gasteiger partial charge is 0.324 e. The normalized spacial score (nSPS) is 9.88. The summed E-state index contributed by atoms with van der Waals surface area (Å²) >= 11 is 0. The van der Waals surface area contributed by atoms with Gasteiger partial charge in [-0.2, -0.15) is 0 Å². The number of hydrogen-bond acceptors (Lipinski definition) is 0. The van der Waals surface area contributed by atoms with E-state index in [1.54, 1.807) is 0 Å². The van der Waals surface area contributed by atoms with E-state index < -0.39 is 0 Å². The van der Waals surface area contributed by atoms with Crippen molar-refractivity contribution >= 4 is 5.52 Å². The Hall–Kier alpha value is -1.24. The second-order valence-corrected chi connectivity index (χ2v) is 4.10. The van der Waals surface area contributed by atoms with Gasteiger partial charge in [-0.25, -0.2) is 0 Å². The predicted octanol–water partition coefficient (Wildman–Crippen LogP) is 4.92. The van der Waals surface area contributed by atoms with Crippen LogP contribution in [0.2, 0.25) is 0 Å². The van der Waals surface area contributed by atoms with Gasteiger partial charge in [0.25, 0.3) is 0 Å². The molecule has 0 saturated carbocycles.